The maximum Gasteiger partial charge on any atom is 0.387 e. The van der Waals surface area contributed by atoms with E-state index in [1.165, 1.54) is 0 Å². The Morgan fingerprint density at radius 3 is 2.51 bits per heavy atom. The summed E-state index contributed by atoms with van der Waals surface area (Å²) in [6.07, 6.45) is 4.28. The van der Waals surface area contributed by atoms with E-state index in [4.69, 9.17) is 9.47 Å². The molecule has 2 saturated heterocycles. The van der Waals surface area contributed by atoms with E-state index in [1.54, 1.807) is 24.5 Å². The van der Waals surface area contributed by atoms with Gasteiger partial charge in [-0.25, -0.2) is 9.97 Å². The summed E-state index contributed by atoms with van der Waals surface area (Å²) in [6, 6.07) is 12.4. The number of alkyl halides is 2. The number of para-hydroxylation sites is 1. The van der Waals surface area contributed by atoms with E-state index in [0.29, 0.717) is 43.3 Å². The van der Waals surface area contributed by atoms with E-state index in [2.05, 4.69) is 14.9 Å². The molecule has 3 aromatic rings. The molecule has 2 atom stereocenters. The number of anilines is 1. The highest BCUT2D eigenvalue weighted by molar-refractivity contribution is 6.00. The number of amides is 1. The first-order valence-electron chi connectivity index (χ1n) is 11.7. The molecule has 180 valence electrons. The molecule has 2 fully saturated rings. The maximum absolute atomic E-state index is 13.1. The minimum Gasteiger partial charge on any atom is -0.435 e. The Kier molecular flexibility index (Phi) is 5.56. The second kappa shape index (κ2) is 8.88. The van der Waals surface area contributed by atoms with Crippen LogP contribution in [0.4, 0.5) is 14.7 Å². The third-order valence-electron chi connectivity index (χ3n) is 7.06. The fourth-order valence-electron chi connectivity index (χ4n) is 5.45. The van der Waals surface area contributed by atoms with Crippen LogP contribution in [0.3, 0.4) is 0 Å². The van der Waals surface area contributed by atoms with Gasteiger partial charge in [0.15, 0.2) is 0 Å². The minimum absolute atomic E-state index is 0.0229. The summed E-state index contributed by atoms with van der Waals surface area (Å²) >= 11 is 0. The normalized spacial score (nSPS) is 21.4. The van der Waals surface area contributed by atoms with E-state index in [-0.39, 0.29) is 23.6 Å². The van der Waals surface area contributed by atoms with Gasteiger partial charge in [0, 0.05) is 49.1 Å². The number of hydrogen-bond donors (Lipinski definition) is 0. The number of nitrogens with zero attached hydrogens (tertiary/aromatic N) is 4. The van der Waals surface area contributed by atoms with Crippen molar-refractivity contribution in [2.24, 2.45) is 0 Å². The van der Waals surface area contributed by atoms with Crippen LogP contribution in [0.1, 0.15) is 39.9 Å². The molecule has 0 spiro atoms. The lowest BCUT2D eigenvalue weighted by molar-refractivity contribution is -0.0507. The SMILES string of the molecule is O=C1c2ccc(-c3cnc(N4CCOCC4)nc3)cc2[C@@H]2[C@@H](c3ccccc3OC(F)F)CCN12. The summed E-state index contributed by atoms with van der Waals surface area (Å²) in [5.74, 6) is 0.681. The molecular weight excluding hydrogens is 454 g/mol. The molecule has 0 N–H and O–H groups in total. The number of carbonyl (C=O) groups is 1. The predicted octanol–water partition coefficient (Wildman–Crippen LogP) is 4.27. The van der Waals surface area contributed by atoms with E-state index in [1.807, 2.05) is 35.2 Å². The number of halogens is 2. The highest BCUT2D eigenvalue weighted by Crippen LogP contribution is 2.51. The Balaban J connectivity index is 1.33. The van der Waals surface area contributed by atoms with Crippen molar-refractivity contribution in [2.75, 3.05) is 37.7 Å². The smallest absolute Gasteiger partial charge is 0.387 e. The Labute approximate surface area is 201 Å². The van der Waals surface area contributed by atoms with Crippen LogP contribution in [0.25, 0.3) is 11.1 Å². The van der Waals surface area contributed by atoms with Crippen molar-refractivity contribution in [3.63, 3.8) is 0 Å². The van der Waals surface area contributed by atoms with E-state index in [0.717, 1.165) is 29.8 Å². The molecule has 3 aliphatic rings. The zero-order chi connectivity index (χ0) is 23.9. The van der Waals surface area contributed by atoms with Crippen LogP contribution >= 0.6 is 0 Å². The molecule has 1 amide bonds. The van der Waals surface area contributed by atoms with Crippen molar-refractivity contribution in [1.29, 1.82) is 0 Å². The van der Waals surface area contributed by atoms with Gasteiger partial charge in [-0.15, -0.1) is 0 Å². The van der Waals surface area contributed by atoms with Gasteiger partial charge in [-0.05, 0) is 41.3 Å². The summed E-state index contributed by atoms with van der Waals surface area (Å²) in [5, 5.41) is 0. The van der Waals surface area contributed by atoms with Crippen molar-refractivity contribution in [2.45, 2.75) is 25.0 Å². The second-order valence-corrected chi connectivity index (χ2v) is 8.93. The van der Waals surface area contributed by atoms with Crippen LogP contribution in [0.5, 0.6) is 5.75 Å². The van der Waals surface area contributed by atoms with Crippen molar-refractivity contribution >= 4 is 11.9 Å². The largest absolute Gasteiger partial charge is 0.435 e. The first-order chi connectivity index (χ1) is 17.1. The van der Waals surface area contributed by atoms with Crippen LogP contribution in [0, 0.1) is 0 Å². The fourth-order valence-corrected chi connectivity index (χ4v) is 5.45. The number of benzene rings is 2. The molecule has 0 bridgehead atoms. The number of fused-ring (bicyclic) bond motifs is 3. The first-order valence-corrected chi connectivity index (χ1v) is 11.7. The Hall–Kier alpha value is -3.59. The molecule has 0 radical (unpaired) electrons. The van der Waals surface area contributed by atoms with Crippen LogP contribution < -0.4 is 9.64 Å². The van der Waals surface area contributed by atoms with Crippen LogP contribution in [-0.2, 0) is 4.74 Å². The highest BCUT2D eigenvalue weighted by atomic mass is 19.3. The third kappa shape index (κ3) is 3.89. The summed E-state index contributed by atoms with van der Waals surface area (Å²) in [7, 11) is 0. The molecule has 0 saturated carbocycles. The molecule has 9 heteroatoms. The fraction of sp³-hybridized carbons (Fsp3) is 0.346. The lowest BCUT2D eigenvalue weighted by Gasteiger charge is -2.26. The van der Waals surface area contributed by atoms with E-state index < -0.39 is 6.61 Å². The molecule has 4 heterocycles. The number of ether oxygens (including phenoxy) is 2. The van der Waals surface area contributed by atoms with Gasteiger partial charge in [-0.3, -0.25) is 4.79 Å². The Bertz CT molecular complexity index is 1250. The number of rotatable bonds is 5. The average molecular weight is 478 g/mol. The molecule has 3 aliphatic heterocycles. The van der Waals surface area contributed by atoms with Crippen molar-refractivity contribution in [3.05, 3.63) is 71.5 Å². The number of hydrogen-bond acceptors (Lipinski definition) is 6. The lowest BCUT2D eigenvalue weighted by atomic mass is 9.86. The Morgan fingerprint density at radius 1 is 0.971 bits per heavy atom. The van der Waals surface area contributed by atoms with Crippen LogP contribution in [0.2, 0.25) is 0 Å². The van der Waals surface area contributed by atoms with Crippen LogP contribution in [0.15, 0.2) is 54.9 Å². The first kappa shape index (κ1) is 21.9. The summed E-state index contributed by atoms with van der Waals surface area (Å²) in [6.45, 7) is 0.506. The quantitative estimate of drug-likeness (QED) is 0.546. The zero-order valence-corrected chi connectivity index (χ0v) is 18.9. The standard InChI is InChI=1S/C26H24F2N4O3/c27-25(28)35-22-4-2-1-3-18(22)19-7-8-32-23(19)21-13-16(5-6-20(21)24(32)33)17-14-29-26(30-15-17)31-9-11-34-12-10-31/h1-6,13-15,19,23,25H,7-12H2/t19-,23+/m1/s1. The van der Waals surface area contributed by atoms with Crippen molar-refractivity contribution in [3.8, 4) is 16.9 Å². The monoisotopic (exact) mass is 478 g/mol. The molecular formula is C26H24F2N4O3. The molecule has 6 rings (SSSR count). The summed E-state index contributed by atoms with van der Waals surface area (Å²) < 4.78 is 36.3. The van der Waals surface area contributed by atoms with Crippen LogP contribution in [-0.4, -0.2) is 60.2 Å². The second-order valence-electron chi connectivity index (χ2n) is 8.93. The third-order valence-corrected chi connectivity index (χ3v) is 7.06. The maximum atomic E-state index is 13.1. The van der Waals surface area contributed by atoms with Gasteiger partial charge in [0.25, 0.3) is 5.91 Å². The summed E-state index contributed by atoms with van der Waals surface area (Å²) in [5.41, 5.74) is 4.02. The molecule has 2 aromatic carbocycles. The molecule has 0 aliphatic carbocycles. The van der Waals surface area contributed by atoms with Crippen molar-refractivity contribution in [1.82, 2.24) is 14.9 Å². The lowest BCUT2D eigenvalue weighted by Crippen LogP contribution is -2.37. The molecule has 0 unspecified atom stereocenters. The predicted molar refractivity (Wildman–Crippen MR) is 125 cm³/mol. The van der Waals surface area contributed by atoms with Gasteiger partial charge in [-0.1, -0.05) is 24.3 Å². The summed E-state index contributed by atoms with van der Waals surface area (Å²) in [4.78, 5) is 26.2. The van der Waals surface area contributed by atoms with Gasteiger partial charge in [-0.2, -0.15) is 8.78 Å². The van der Waals surface area contributed by atoms with Crippen molar-refractivity contribution < 1.29 is 23.0 Å². The van der Waals surface area contributed by atoms with Gasteiger partial charge < -0.3 is 19.3 Å². The van der Waals surface area contributed by atoms with E-state index in [9.17, 15) is 13.6 Å². The molecule has 35 heavy (non-hydrogen) atoms. The highest BCUT2D eigenvalue weighted by Gasteiger charge is 2.46. The zero-order valence-electron chi connectivity index (χ0n) is 18.9. The van der Waals surface area contributed by atoms with Gasteiger partial charge in [0.05, 0.1) is 19.3 Å². The number of morpholine rings is 1. The van der Waals surface area contributed by atoms with Gasteiger partial charge in [0.2, 0.25) is 5.95 Å². The molecule has 1 aromatic heterocycles. The number of aromatic nitrogens is 2. The van der Waals surface area contributed by atoms with E-state index >= 15 is 0 Å². The topological polar surface area (TPSA) is 67.8 Å². The Morgan fingerprint density at radius 2 is 1.74 bits per heavy atom. The minimum atomic E-state index is -2.90. The van der Waals surface area contributed by atoms with Gasteiger partial charge in [0.1, 0.15) is 5.75 Å². The number of carbonyl (C=O) groups excluding carboxylic acids is 1. The molecule has 7 nitrogen and oxygen atoms in total. The average Bonchev–Trinajstić information content (AvgIpc) is 3.44. The van der Waals surface area contributed by atoms with Gasteiger partial charge >= 0.3 is 6.61 Å².